The molecule has 2 aliphatic carbocycles. The highest BCUT2D eigenvalue weighted by Crippen LogP contribution is 2.41. The molecule has 0 heteroatoms. The van der Waals surface area contributed by atoms with Gasteiger partial charge in [-0.1, -0.05) is 66.2 Å². The highest BCUT2D eigenvalue weighted by Gasteiger charge is 2.29. The van der Waals surface area contributed by atoms with Gasteiger partial charge >= 0.3 is 0 Å². The van der Waals surface area contributed by atoms with Crippen molar-refractivity contribution in [3.8, 4) is 0 Å². The minimum Gasteiger partial charge on any atom is -0.0625 e. The lowest BCUT2D eigenvalue weighted by atomic mass is 9.69. The maximum absolute atomic E-state index is 2.43. The molecule has 0 aromatic carbocycles. The van der Waals surface area contributed by atoms with E-state index in [0.29, 0.717) is 0 Å². The lowest BCUT2D eigenvalue weighted by Gasteiger charge is -2.37. The Balaban J connectivity index is 1.80. The Morgan fingerprint density at radius 2 is 1.11 bits per heavy atom. The first-order valence-electron chi connectivity index (χ1n) is 9.06. The fraction of sp³-hybridized carbons (Fsp3) is 1.00. The Labute approximate surface area is 121 Å². The summed E-state index contributed by atoms with van der Waals surface area (Å²) in [6.45, 7) is 9.73. The monoisotopic (exact) mass is 264 g/mol. The first kappa shape index (κ1) is 15.4. The van der Waals surface area contributed by atoms with Crippen molar-refractivity contribution in [2.45, 2.75) is 85.5 Å². The van der Waals surface area contributed by atoms with Crippen LogP contribution in [0, 0.1) is 35.5 Å². The number of hydrogen-bond donors (Lipinski definition) is 0. The highest BCUT2D eigenvalue weighted by atomic mass is 14.3. The molecule has 0 aromatic heterocycles. The summed E-state index contributed by atoms with van der Waals surface area (Å²) in [5, 5.41) is 0. The molecule has 0 nitrogen and oxygen atoms in total. The summed E-state index contributed by atoms with van der Waals surface area (Å²) in [6.07, 6.45) is 13.7. The van der Waals surface area contributed by atoms with E-state index in [1.165, 1.54) is 38.5 Å². The summed E-state index contributed by atoms with van der Waals surface area (Å²) in [5.41, 5.74) is 0. The average Bonchev–Trinajstić information content (AvgIpc) is 2.39. The summed E-state index contributed by atoms with van der Waals surface area (Å²) >= 11 is 0. The minimum absolute atomic E-state index is 0.914. The topological polar surface area (TPSA) is 0 Å². The molecule has 4 atom stereocenters. The Morgan fingerprint density at radius 1 is 0.684 bits per heavy atom. The first-order valence-corrected chi connectivity index (χ1v) is 9.06. The molecule has 0 spiro atoms. The van der Waals surface area contributed by atoms with Gasteiger partial charge in [0.1, 0.15) is 0 Å². The first-order chi connectivity index (χ1) is 9.06. The molecule has 19 heavy (non-hydrogen) atoms. The second-order valence-electron chi connectivity index (χ2n) is 8.31. The van der Waals surface area contributed by atoms with Gasteiger partial charge in [0.15, 0.2) is 0 Å². The van der Waals surface area contributed by atoms with E-state index in [9.17, 15) is 0 Å². The molecule has 0 aliphatic heterocycles. The van der Waals surface area contributed by atoms with Crippen molar-refractivity contribution in [2.24, 2.45) is 35.5 Å². The van der Waals surface area contributed by atoms with E-state index in [0.717, 1.165) is 35.5 Å². The van der Waals surface area contributed by atoms with Crippen LogP contribution >= 0.6 is 0 Å². The molecule has 0 aromatic rings. The van der Waals surface area contributed by atoms with Gasteiger partial charge in [-0.05, 0) is 54.8 Å². The predicted molar refractivity (Wildman–Crippen MR) is 85.2 cm³/mol. The van der Waals surface area contributed by atoms with Crippen LogP contribution in [0.1, 0.15) is 85.5 Å². The van der Waals surface area contributed by atoms with E-state index in [1.807, 2.05) is 0 Å². The summed E-state index contributed by atoms with van der Waals surface area (Å²) < 4.78 is 0. The van der Waals surface area contributed by atoms with Crippen LogP contribution in [0.5, 0.6) is 0 Å². The van der Waals surface area contributed by atoms with Crippen molar-refractivity contribution in [3.63, 3.8) is 0 Å². The van der Waals surface area contributed by atoms with Crippen molar-refractivity contribution in [1.82, 2.24) is 0 Å². The smallest absolute Gasteiger partial charge is 0.0388 e. The molecule has 2 aliphatic rings. The van der Waals surface area contributed by atoms with E-state index in [2.05, 4.69) is 27.7 Å². The van der Waals surface area contributed by atoms with Crippen molar-refractivity contribution >= 4 is 0 Å². The molecule has 0 radical (unpaired) electrons. The summed E-state index contributed by atoms with van der Waals surface area (Å²) in [5.74, 6) is 6.02. The number of rotatable bonds is 4. The standard InChI is InChI=1S/C19H36/c1-14(2)18-9-5-7-16(12-18)11-17-8-6-10-19(13-17)15(3)4/h14-19H,5-13H2,1-4H3. The van der Waals surface area contributed by atoms with Gasteiger partial charge in [0.25, 0.3) is 0 Å². The maximum Gasteiger partial charge on any atom is -0.0388 e. The third-order valence-corrected chi connectivity index (χ3v) is 6.20. The predicted octanol–water partition coefficient (Wildman–Crippen LogP) is 6.30. The van der Waals surface area contributed by atoms with E-state index < -0.39 is 0 Å². The zero-order chi connectivity index (χ0) is 13.8. The molecule has 2 fully saturated rings. The van der Waals surface area contributed by atoms with E-state index in [4.69, 9.17) is 0 Å². The fourth-order valence-corrected chi connectivity index (χ4v) is 4.78. The van der Waals surface area contributed by atoms with E-state index in [-0.39, 0.29) is 0 Å². The van der Waals surface area contributed by atoms with Crippen molar-refractivity contribution < 1.29 is 0 Å². The van der Waals surface area contributed by atoms with Gasteiger partial charge in [-0.15, -0.1) is 0 Å². The molecule has 2 rings (SSSR count). The Kier molecular flexibility index (Phi) is 5.78. The van der Waals surface area contributed by atoms with Gasteiger partial charge in [0.05, 0.1) is 0 Å². The summed E-state index contributed by atoms with van der Waals surface area (Å²) in [6, 6.07) is 0. The fourth-order valence-electron chi connectivity index (χ4n) is 4.78. The molecule has 2 saturated carbocycles. The molecule has 0 N–H and O–H groups in total. The van der Waals surface area contributed by atoms with Gasteiger partial charge in [-0.2, -0.15) is 0 Å². The quantitative estimate of drug-likeness (QED) is 0.559. The second-order valence-corrected chi connectivity index (χ2v) is 8.31. The number of hydrogen-bond acceptors (Lipinski definition) is 0. The normalized spacial score (nSPS) is 36.9. The van der Waals surface area contributed by atoms with Crippen LogP contribution in [0.2, 0.25) is 0 Å². The lowest BCUT2D eigenvalue weighted by Crippen LogP contribution is -2.25. The Hall–Kier alpha value is 0. The Bertz CT molecular complexity index is 227. The molecule has 112 valence electrons. The Morgan fingerprint density at radius 3 is 1.47 bits per heavy atom. The highest BCUT2D eigenvalue weighted by molar-refractivity contribution is 4.81. The van der Waals surface area contributed by atoms with Crippen LogP contribution < -0.4 is 0 Å². The molecular weight excluding hydrogens is 228 g/mol. The van der Waals surface area contributed by atoms with Crippen LogP contribution in [0.15, 0.2) is 0 Å². The molecule has 0 amide bonds. The van der Waals surface area contributed by atoms with Gasteiger partial charge < -0.3 is 0 Å². The van der Waals surface area contributed by atoms with Crippen LogP contribution in [-0.2, 0) is 0 Å². The van der Waals surface area contributed by atoms with Crippen molar-refractivity contribution in [3.05, 3.63) is 0 Å². The van der Waals surface area contributed by atoms with Crippen LogP contribution in [0.25, 0.3) is 0 Å². The zero-order valence-electron chi connectivity index (χ0n) is 13.8. The molecule has 0 bridgehead atoms. The van der Waals surface area contributed by atoms with E-state index in [1.54, 1.807) is 19.3 Å². The third-order valence-electron chi connectivity index (χ3n) is 6.20. The third kappa shape index (κ3) is 4.50. The zero-order valence-corrected chi connectivity index (χ0v) is 13.8. The van der Waals surface area contributed by atoms with E-state index >= 15 is 0 Å². The molecular formula is C19H36. The SMILES string of the molecule is CC(C)C1CCCC(CC2CCCC(C(C)C)C2)C1. The van der Waals surface area contributed by atoms with Crippen LogP contribution in [-0.4, -0.2) is 0 Å². The van der Waals surface area contributed by atoms with Gasteiger partial charge in [-0.25, -0.2) is 0 Å². The second kappa shape index (κ2) is 7.14. The molecule has 4 unspecified atom stereocenters. The van der Waals surface area contributed by atoms with Gasteiger partial charge in [-0.3, -0.25) is 0 Å². The van der Waals surface area contributed by atoms with Gasteiger partial charge in [0.2, 0.25) is 0 Å². The largest absolute Gasteiger partial charge is 0.0625 e. The lowest BCUT2D eigenvalue weighted by molar-refractivity contribution is 0.147. The summed E-state index contributed by atoms with van der Waals surface area (Å²) in [4.78, 5) is 0. The summed E-state index contributed by atoms with van der Waals surface area (Å²) in [7, 11) is 0. The minimum atomic E-state index is 0.914. The van der Waals surface area contributed by atoms with Crippen molar-refractivity contribution in [2.75, 3.05) is 0 Å². The molecule has 0 saturated heterocycles. The van der Waals surface area contributed by atoms with Crippen molar-refractivity contribution in [1.29, 1.82) is 0 Å². The van der Waals surface area contributed by atoms with Gasteiger partial charge in [0, 0.05) is 0 Å². The average molecular weight is 264 g/mol. The van der Waals surface area contributed by atoms with Crippen LogP contribution in [0.3, 0.4) is 0 Å². The maximum atomic E-state index is 2.43. The molecule has 0 heterocycles. The van der Waals surface area contributed by atoms with Crippen LogP contribution in [0.4, 0.5) is 0 Å².